The fourth-order valence-corrected chi connectivity index (χ4v) is 1.92. The van der Waals surface area contributed by atoms with Gasteiger partial charge in [0.25, 0.3) is 0 Å². The first-order valence-corrected chi connectivity index (χ1v) is 6.80. The number of carboxylic acids is 1. The molecule has 7 heteroatoms. The van der Waals surface area contributed by atoms with Crippen molar-refractivity contribution in [2.75, 3.05) is 25.0 Å². The van der Waals surface area contributed by atoms with Crippen LogP contribution in [0.25, 0.3) is 0 Å². The fourth-order valence-electron chi connectivity index (χ4n) is 1.66. The van der Waals surface area contributed by atoms with Gasteiger partial charge in [0, 0.05) is 10.2 Å². The number of amides is 1. The van der Waals surface area contributed by atoms with Crippen LogP contribution in [-0.2, 0) is 9.59 Å². The van der Waals surface area contributed by atoms with Crippen LogP contribution < -0.4 is 5.32 Å². The molecule has 5 nitrogen and oxygen atoms in total. The molecule has 0 heterocycles. The second-order valence-electron chi connectivity index (χ2n) is 4.16. The predicted octanol–water partition coefficient (Wildman–Crippen LogP) is 2.61. The fraction of sp³-hybridized carbons (Fsp3) is 0.385. The second-order valence-corrected chi connectivity index (χ2v) is 5.08. The third kappa shape index (κ3) is 7.47. The van der Waals surface area contributed by atoms with Gasteiger partial charge < -0.3 is 10.4 Å². The Morgan fingerprint density at radius 3 is 2.35 bits per heavy atom. The molecule has 1 aromatic carbocycles. The Hall–Kier alpha value is -1.11. The Labute approximate surface area is 132 Å². The summed E-state index contributed by atoms with van der Waals surface area (Å²) in [5.74, 6) is -1.14. The number of rotatable bonds is 7. The van der Waals surface area contributed by atoms with E-state index in [9.17, 15) is 9.59 Å². The standard InChI is InChI=1S/C13H17BrN2O3.ClH/c1-2-7-16(9-13(18)19)8-12(17)15-11-5-3-10(14)4-6-11;/h3-6H,2,7-9H2,1H3,(H,15,17)(H,18,19);1H. The molecule has 0 saturated carbocycles. The number of hydrogen-bond donors (Lipinski definition) is 2. The SMILES string of the molecule is CCCN(CC(=O)O)CC(=O)Nc1ccc(Br)cc1.Cl. The molecule has 1 aromatic rings. The minimum Gasteiger partial charge on any atom is -0.480 e. The van der Waals surface area contributed by atoms with Crippen LogP contribution in [0, 0.1) is 0 Å². The smallest absolute Gasteiger partial charge is 0.317 e. The molecule has 20 heavy (non-hydrogen) atoms. The van der Waals surface area contributed by atoms with E-state index in [0.29, 0.717) is 12.2 Å². The van der Waals surface area contributed by atoms with Crippen LogP contribution >= 0.6 is 28.3 Å². The largest absolute Gasteiger partial charge is 0.480 e. The monoisotopic (exact) mass is 364 g/mol. The van der Waals surface area contributed by atoms with Gasteiger partial charge in [0.15, 0.2) is 0 Å². The zero-order valence-electron chi connectivity index (χ0n) is 11.1. The van der Waals surface area contributed by atoms with Gasteiger partial charge in [-0.1, -0.05) is 22.9 Å². The van der Waals surface area contributed by atoms with Gasteiger partial charge in [0.05, 0.1) is 13.1 Å². The Morgan fingerprint density at radius 2 is 1.85 bits per heavy atom. The molecular formula is C13H18BrClN2O3. The van der Waals surface area contributed by atoms with E-state index in [1.807, 2.05) is 19.1 Å². The molecule has 0 aliphatic carbocycles. The lowest BCUT2D eigenvalue weighted by Crippen LogP contribution is -2.37. The summed E-state index contributed by atoms with van der Waals surface area (Å²) in [6.07, 6.45) is 0.804. The van der Waals surface area contributed by atoms with Gasteiger partial charge in [-0.3, -0.25) is 14.5 Å². The van der Waals surface area contributed by atoms with E-state index >= 15 is 0 Å². The summed E-state index contributed by atoms with van der Waals surface area (Å²) in [6, 6.07) is 7.22. The van der Waals surface area contributed by atoms with Crippen LogP contribution in [0.4, 0.5) is 5.69 Å². The average molecular weight is 366 g/mol. The van der Waals surface area contributed by atoms with Crippen molar-refractivity contribution >= 4 is 45.9 Å². The summed E-state index contributed by atoms with van der Waals surface area (Å²) in [6.45, 7) is 2.49. The lowest BCUT2D eigenvalue weighted by Gasteiger charge is -2.18. The number of nitrogens with zero attached hydrogens (tertiary/aromatic N) is 1. The van der Waals surface area contributed by atoms with E-state index in [-0.39, 0.29) is 31.4 Å². The maximum atomic E-state index is 11.8. The number of anilines is 1. The highest BCUT2D eigenvalue weighted by Gasteiger charge is 2.13. The number of carbonyl (C=O) groups excluding carboxylic acids is 1. The molecule has 0 unspecified atom stereocenters. The number of halogens is 2. The summed E-state index contributed by atoms with van der Waals surface area (Å²) < 4.78 is 0.934. The van der Waals surface area contributed by atoms with Crippen LogP contribution in [0.15, 0.2) is 28.7 Å². The molecule has 112 valence electrons. The molecule has 1 rings (SSSR count). The van der Waals surface area contributed by atoms with Gasteiger partial charge in [-0.2, -0.15) is 0 Å². The number of nitrogens with one attached hydrogen (secondary N) is 1. The number of carbonyl (C=O) groups is 2. The average Bonchev–Trinajstić information content (AvgIpc) is 2.31. The van der Waals surface area contributed by atoms with Crippen molar-refractivity contribution in [1.29, 1.82) is 0 Å². The molecule has 0 spiro atoms. The van der Waals surface area contributed by atoms with Gasteiger partial charge >= 0.3 is 5.97 Å². The molecule has 0 aromatic heterocycles. The summed E-state index contributed by atoms with van der Waals surface area (Å²) in [5, 5.41) is 11.5. The van der Waals surface area contributed by atoms with Crippen molar-refractivity contribution in [1.82, 2.24) is 4.90 Å². The molecule has 0 aliphatic heterocycles. The van der Waals surface area contributed by atoms with Crippen LogP contribution in [0.2, 0.25) is 0 Å². The Morgan fingerprint density at radius 1 is 1.25 bits per heavy atom. The molecule has 2 N–H and O–H groups in total. The Balaban J connectivity index is 0.00000361. The summed E-state index contributed by atoms with van der Waals surface area (Å²) in [4.78, 5) is 24.1. The molecule has 0 fully saturated rings. The minimum absolute atomic E-state index is 0. The topological polar surface area (TPSA) is 69.6 Å². The molecule has 0 saturated heterocycles. The van der Waals surface area contributed by atoms with E-state index in [4.69, 9.17) is 5.11 Å². The third-order valence-electron chi connectivity index (χ3n) is 2.39. The summed E-state index contributed by atoms with van der Waals surface area (Å²) >= 11 is 3.31. The summed E-state index contributed by atoms with van der Waals surface area (Å²) in [7, 11) is 0. The van der Waals surface area contributed by atoms with E-state index in [1.54, 1.807) is 17.0 Å². The van der Waals surface area contributed by atoms with Crippen molar-refractivity contribution < 1.29 is 14.7 Å². The first-order chi connectivity index (χ1) is 9.01. The number of hydrogen-bond acceptors (Lipinski definition) is 3. The van der Waals surface area contributed by atoms with Crippen molar-refractivity contribution in [2.45, 2.75) is 13.3 Å². The van der Waals surface area contributed by atoms with Gasteiger partial charge in [0.2, 0.25) is 5.91 Å². The first-order valence-electron chi connectivity index (χ1n) is 6.01. The van der Waals surface area contributed by atoms with Gasteiger partial charge in [0.1, 0.15) is 0 Å². The van der Waals surface area contributed by atoms with Crippen molar-refractivity contribution in [3.8, 4) is 0 Å². The molecule has 0 aliphatic rings. The van der Waals surface area contributed by atoms with Crippen LogP contribution in [-0.4, -0.2) is 41.5 Å². The van der Waals surface area contributed by atoms with Gasteiger partial charge in [-0.05, 0) is 37.2 Å². The maximum absolute atomic E-state index is 11.8. The third-order valence-corrected chi connectivity index (χ3v) is 2.92. The number of benzene rings is 1. The van der Waals surface area contributed by atoms with E-state index in [1.165, 1.54) is 0 Å². The van der Waals surface area contributed by atoms with E-state index in [2.05, 4.69) is 21.2 Å². The molecule has 1 amide bonds. The van der Waals surface area contributed by atoms with E-state index < -0.39 is 5.97 Å². The zero-order valence-corrected chi connectivity index (χ0v) is 13.5. The van der Waals surface area contributed by atoms with Crippen molar-refractivity contribution in [3.63, 3.8) is 0 Å². The Kier molecular flexibility index (Phi) is 9.20. The quantitative estimate of drug-likeness (QED) is 0.779. The zero-order chi connectivity index (χ0) is 14.3. The highest BCUT2D eigenvalue weighted by atomic mass is 79.9. The highest BCUT2D eigenvalue weighted by Crippen LogP contribution is 2.13. The second kappa shape index (κ2) is 9.74. The van der Waals surface area contributed by atoms with Gasteiger partial charge in [-0.15, -0.1) is 12.4 Å². The number of aliphatic carboxylic acids is 1. The minimum atomic E-state index is -0.926. The summed E-state index contributed by atoms with van der Waals surface area (Å²) in [5.41, 5.74) is 0.694. The molecule has 0 radical (unpaired) electrons. The lowest BCUT2D eigenvalue weighted by molar-refractivity contribution is -0.138. The van der Waals surface area contributed by atoms with Crippen molar-refractivity contribution in [3.05, 3.63) is 28.7 Å². The molecular weight excluding hydrogens is 348 g/mol. The highest BCUT2D eigenvalue weighted by molar-refractivity contribution is 9.10. The lowest BCUT2D eigenvalue weighted by atomic mass is 10.3. The number of carboxylic acid groups (broad SMARTS) is 1. The Bertz CT molecular complexity index is 440. The van der Waals surface area contributed by atoms with Crippen LogP contribution in [0.1, 0.15) is 13.3 Å². The predicted molar refractivity (Wildman–Crippen MR) is 84.4 cm³/mol. The van der Waals surface area contributed by atoms with E-state index in [0.717, 1.165) is 10.9 Å². The van der Waals surface area contributed by atoms with Crippen LogP contribution in [0.5, 0.6) is 0 Å². The van der Waals surface area contributed by atoms with Crippen LogP contribution in [0.3, 0.4) is 0 Å². The normalized spacial score (nSPS) is 9.95. The maximum Gasteiger partial charge on any atom is 0.317 e. The molecule has 0 atom stereocenters. The van der Waals surface area contributed by atoms with Crippen molar-refractivity contribution in [2.24, 2.45) is 0 Å². The first kappa shape index (κ1) is 18.9. The molecule has 0 bridgehead atoms. The van der Waals surface area contributed by atoms with Gasteiger partial charge in [-0.25, -0.2) is 0 Å².